The van der Waals surface area contributed by atoms with E-state index in [-0.39, 0.29) is 18.5 Å². The number of benzene rings is 1. The average molecular weight is 322 g/mol. The third-order valence-corrected chi connectivity index (χ3v) is 3.76. The van der Waals surface area contributed by atoms with Crippen molar-refractivity contribution in [1.82, 2.24) is 15.3 Å². The van der Waals surface area contributed by atoms with E-state index in [2.05, 4.69) is 15.3 Å². The van der Waals surface area contributed by atoms with E-state index in [1.165, 1.54) is 0 Å². The van der Waals surface area contributed by atoms with E-state index in [0.717, 1.165) is 10.9 Å². The minimum atomic E-state index is -0.289. The number of fused-ring (bicyclic) bond motifs is 2. The van der Waals surface area contributed by atoms with Crippen LogP contribution in [0.25, 0.3) is 10.9 Å². The Hall–Kier alpha value is -3.35. The minimum absolute atomic E-state index is 0.171. The molecule has 0 fully saturated rings. The fraction of sp³-hybridized carbons (Fsp3) is 0.118. The summed E-state index contributed by atoms with van der Waals surface area (Å²) >= 11 is 0. The molecule has 0 bridgehead atoms. The molecule has 0 radical (unpaired) electrons. The van der Waals surface area contributed by atoms with E-state index >= 15 is 0 Å². The Labute approximate surface area is 137 Å². The number of nitrogen functional groups attached to an aromatic ring is 1. The minimum Gasteiger partial charge on any atom is -0.454 e. The average Bonchev–Trinajstić information content (AvgIpc) is 3.05. The van der Waals surface area contributed by atoms with Gasteiger partial charge in [-0.2, -0.15) is 0 Å². The van der Waals surface area contributed by atoms with Gasteiger partial charge in [0.05, 0.1) is 11.1 Å². The zero-order valence-electron chi connectivity index (χ0n) is 12.7. The number of hydrogen-bond acceptors (Lipinski definition) is 6. The van der Waals surface area contributed by atoms with Gasteiger partial charge < -0.3 is 20.5 Å². The molecule has 0 atom stereocenters. The lowest BCUT2D eigenvalue weighted by molar-refractivity contribution is 0.0951. The summed E-state index contributed by atoms with van der Waals surface area (Å²) in [6.45, 7) is 0.547. The molecular weight excluding hydrogens is 308 g/mol. The van der Waals surface area contributed by atoms with Crippen molar-refractivity contribution in [2.24, 2.45) is 0 Å². The van der Waals surface area contributed by atoms with E-state index in [4.69, 9.17) is 15.2 Å². The summed E-state index contributed by atoms with van der Waals surface area (Å²) in [7, 11) is 0. The summed E-state index contributed by atoms with van der Waals surface area (Å²) in [5.41, 5.74) is 7.83. The van der Waals surface area contributed by atoms with Crippen molar-refractivity contribution in [2.45, 2.75) is 6.54 Å². The summed E-state index contributed by atoms with van der Waals surface area (Å²) in [4.78, 5) is 20.7. The first kappa shape index (κ1) is 14.3. The number of nitrogens with two attached hydrogens (primary N) is 1. The molecule has 3 heterocycles. The van der Waals surface area contributed by atoms with Crippen molar-refractivity contribution >= 4 is 22.6 Å². The van der Waals surface area contributed by atoms with Crippen LogP contribution < -0.4 is 20.5 Å². The van der Waals surface area contributed by atoms with E-state index in [0.29, 0.717) is 29.1 Å². The van der Waals surface area contributed by atoms with Crippen LogP contribution in [0.2, 0.25) is 0 Å². The van der Waals surface area contributed by atoms with Crippen LogP contribution in [-0.4, -0.2) is 22.7 Å². The highest BCUT2D eigenvalue weighted by Crippen LogP contribution is 2.36. The Morgan fingerprint density at radius 2 is 2.08 bits per heavy atom. The summed E-state index contributed by atoms with van der Waals surface area (Å²) in [5, 5.41) is 3.58. The molecule has 7 nitrogen and oxygen atoms in total. The summed E-state index contributed by atoms with van der Waals surface area (Å²) in [6.07, 6.45) is 3.38. The molecule has 3 N–H and O–H groups in total. The normalized spacial score (nSPS) is 12.3. The van der Waals surface area contributed by atoms with Crippen LogP contribution in [0, 0.1) is 0 Å². The summed E-state index contributed by atoms with van der Waals surface area (Å²) in [6, 6.07) is 8.96. The number of amides is 1. The first-order chi connectivity index (χ1) is 11.7. The smallest absolute Gasteiger partial charge is 0.255 e. The number of ether oxygens (including phenoxy) is 2. The molecule has 2 aromatic heterocycles. The van der Waals surface area contributed by atoms with Crippen LogP contribution in [0.4, 0.5) is 5.82 Å². The molecule has 120 valence electrons. The van der Waals surface area contributed by atoms with Crippen LogP contribution in [0.1, 0.15) is 15.9 Å². The highest BCUT2D eigenvalue weighted by molar-refractivity contribution is 6.02. The molecule has 1 amide bonds. The molecule has 1 aliphatic rings. The van der Waals surface area contributed by atoms with Crippen molar-refractivity contribution in [1.29, 1.82) is 0 Å². The van der Waals surface area contributed by atoms with Crippen LogP contribution in [0.3, 0.4) is 0 Å². The monoisotopic (exact) mass is 322 g/mol. The highest BCUT2D eigenvalue weighted by atomic mass is 16.7. The van der Waals surface area contributed by atoms with Crippen molar-refractivity contribution in [2.75, 3.05) is 12.5 Å². The van der Waals surface area contributed by atoms with Gasteiger partial charge >= 0.3 is 0 Å². The molecule has 7 heteroatoms. The Morgan fingerprint density at radius 1 is 1.25 bits per heavy atom. The summed E-state index contributed by atoms with van der Waals surface area (Å²) < 4.78 is 10.7. The number of anilines is 1. The number of nitrogens with one attached hydrogen (secondary N) is 1. The standard InChI is InChI=1S/C17H14N4O3/c18-16-12(17(22)20-8-10-2-1-3-19-7-10)4-11-5-14-15(24-9-23-14)6-13(11)21-16/h1-7H,8-9H2,(H2,18,21)(H,20,22). The fourth-order valence-corrected chi connectivity index (χ4v) is 2.54. The van der Waals surface area contributed by atoms with E-state index in [9.17, 15) is 4.79 Å². The van der Waals surface area contributed by atoms with Gasteiger partial charge in [0.15, 0.2) is 11.5 Å². The highest BCUT2D eigenvalue weighted by Gasteiger charge is 2.18. The van der Waals surface area contributed by atoms with Crippen molar-refractivity contribution < 1.29 is 14.3 Å². The number of carbonyl (C=O) groups is 1. The van der Waals surface area contributed by atoms with Gasteiger partial charge in [0.2, 0.25) is 6.79 Å². The second kappa shape index (κ2) is 5.69. The largest absolute Gasteiger partial charge is 0.454 e. The number of pyridine rings is 2. The Kier molecular flexibility index (Phi) is 3.38. The predicted molar refractivity (Wildman–Crippen MR) is 87.7 cm³/mol. The predicted octanol–water partition coefficient (Wildman–Crippen LogP) is 1.87. The van der Waals surface area contributed by atoms with Crippen molar-refractivity contribution in [3.8, 4) is 11.5 Å². The maximum Gasteiger partial charge on any atom is 0.255 e. The molecule has 0 saturated heterocycles. The second-order valence-electron chi connectivity index (χ2n) is 5.36. The lowest BCUT2D eigenvalue weighted by Gasteiger charge is -2.09. The number of aromatic nitrogens is 2. The quantitative estimate of drug-likeness (QED) is 0.763. The molecule has 0 saturated carbocycles. The van der Waals surface area contributed by atoms with Gasteiger partial charge in [0.25, 0.3) is 5.91 Å². The Morgan fingerprint density at radius 3 is 2.88 bits per heavy atom. The molecule has 1 aromatic carbocycles. The molecule has 0 unspecified atom stereocenters. The zero-order chi connectivity index (χ0) is 16.5. The third-order valence-electron chi connectivity index (χ3n) is 3.76. The zero-order valence-corrected chi connectivity index (χ0v) is 12.7. The molecule has 0 aliphatic carbocycles. The lowest BCUT2D eigenvalue weighted by Crippen LogP contribution is -2.24. The fourth-order valence-electron chi connectivity index (χ4n) is 2.54. The van der Waals surface area contributed by atoms with Crippen molar-refractivity contribution in [3.05, 3.63) is 53.9 Å². The number of rotatable bonds is 3. The van der Waals surface area contributed by atoms with Gasteiger partial charge in [0.1, 0.15) is 5.82 Å². The molecule has 1 aliphatic heterocycles. The first-order valence-electron chi connectivity index (χ1n) is 7.38. The van der Waals surface area contributed by atoms with Gasteiger partial charge in [-0.1, -0.05) is 6.07 Å². The number of hydrogen-bond donors (Lipinski definition) is 2. The Bertz CT molecular complexity index is 928. The third kappa shape index (κ3) is 2.56. The molecular formula is C17H14N4O3. The number of carbonyl (C=O) groups excluding carboxylic acids is 1. The maximum absolute atomic E-state index is 12.4. The van der Waals surface area contributed by atoms with Gasteiger partial charge in [-0.3, -0.25) is 9.78 Å². The lowest BCUT2D eigenvalue weighted by atomic mass is 10.1. The van der Waals surface area contributed by atoms with Gasteiger partial charge in [-0.05, 0) is 23.8 Å². The van der Waals surface area contributed by atoms with Crippen LogP contribution >= 0.6 is 0 Å². The SMILES string of the molecule is Nc1nc2cc3c(cc2cc1C(=O)NCc1cccnc1)OCO3. The molecule has 0 spiro atoms. The Balaban J connectivity index is 1.62. The second-order valence-corrected chi connectivity index (χ2v) is 5.36. The van der Waals surface area contributed by atoms with Crippen LogP contribution in [0.15, 0.2) is 42.7 Å². The van der Waals surface area contributed by atoms with Gasteiger partial charge in [-0.25, -0.2) is 4.98 Å². The summed E-state index contributed by atoms with van der Waals surface area (Å²) in [5.74, 6) is 1.15. The van der Waals surface area contributed by atoms with E-state index in [1.54, 1.807) is 30.6 Å². The topological polar surface area (TPSA) is 99.4 Å². The van der Waals surface area contributed by atoms with Crippen molar-refractivity contribution in [3.63, 3.8) is 0 Å². The number of nitrogens with zero attached hydrogens (tertiary/aromatic N) is 2. The van der Waals surface area contributed by atoms with Crippen LogP contribution in [0.5, 0.6) is 11.5 Å². The molecule has 24 heavy (non-hydrogen) atoms. The van der Waals surface area contributed by atoms with Gasteiger partial charge in [-0.15, -0.1) is 0 Å². The van der Waals surface area contributed by atoms with Crippen LogP contribution in [-0.2, 0) is 6.54 Å². The maximum atomic E-state index is 12.4. The molecule has 3 aromatic rings. The first-order valence-corrected chi connectivity index (χ1v) is 7.38. The molecule has 4 rings (SSSR count). The van der Waals surface area contributed by atoms with E-state index < -0.39 is 0 Å². The van der Waals surface area contributed by atoms with Gasteiger partial charge in [0, 0.05) is 30.4 Å². The van der Waals surface area contributed by atoms with E-state index in [1.807, 2.05) is 12.1 Å².